The molecule has 0 heterocycles. The standard InChI is InChI=1S/C11H10N2S/c12-8-9-4-5-11(13)10(7-9)3-1-2-6-14/h4-5,7,14H,2,6,13H2. The summed E-state index contributed by atoms with van der Waals surface area (Å²) >= 11 is 4.05. The highest BCUT2D eigenvalue weighted by Crippen LogP contribution is 2.12. The molecule has 1 aromatic carbocycles. The largest absolute Gasteiger partial charge is 0.398 e. The second kappa shape index (κ2) is 5.21. The molecule has 0 radical (unpaired) electrons. The van der Waals surface area contributed by atoms with Crippen LogP contribution in [0.3, 0.4) is 0 Å². The highest BCUT2D eigenvalue weighted by molar-refractivity contribution is 7.80. The van der Waals surface area contributed by atoms with Gasteiger partial charge in [-0.2, -0.15) is 17.9 Å². The van der Waals surface area contributed by atoms with Gasteiger partial charge in [-0.25, -0.2) is 0 Å². The molecular weight excluding hydrogens is 192 g/mol. The Bertz CT molecular complexity index is 421. The first-order valence-electron chi connectivity index (χ1n) is 4.17. The smallest absolute Gasteiger partial charge is 0.0992 e. The van der Waals surface area contributed by atoms with Crippen molar-refractivity contribution >= 4 is 18.3 Å². The van der Waals surface area contributed by atoms with Gasteiger partial charge in [0.1, 0.15) is 0 Å². The Morgan fingerprint density at radius 2 is 2.21 bits per heavy atom. The van der Waals surface area contributed by atoms with Crippen molar-refractivity contribution in [3.05, 3.63) is 29.3 Å². The van der Waals surface area contributed by atoms with Gasteiger partial charge in [-0.05, 0) is 18.2 Å². The van der Waals surface area contributed by atoms with E-state index < -0.39 is 0 Å². The normalized spacial score (nSPS) is 8.57. The van der Waals surface area contributed by atoms with Crippen molar-refractivity contribution in [1.29, 1.82) is 5.26 Å². The lowest BCUT2D eigenvalue weighted by Gasteiger charge is -1.97. The van der Waals surface area contributed by atoms with Crippen molar-refractivity contribution in [3.63, 3.8) is 0 Å². The van der Waals surface area contributed by atoms with Crippen LogP contribution >= 0.6 is 12.6 Å². The van der Waals surface area contributed by atoms with E-state index in [1.54, 1.807) is 18.2 Å². The van der Waals surface area contributed by atoms with E-state index in [1.807, 2.05) is 6.07 Å². The number of hydrogen-bond donors (Lipinski definition) is 2. The van der Waals surface area contributed by atoms with E-state index in [0.29, 0.717) is 16.8 Å². The van der Waals surface area contributed by atoms with E-state index in [2.05, 4.69) is 24.5 Å². The summed E-state index contributed by atoms with van der Waals surface area (Å²) in [7, 11) is 0. The molecule has 3 heteroatoms. The van der Waals surface area contributed by atoms with Crippen LogP contribution in [0.25, 0.3) is 0 Å². The number of nitrogens with two attached hydrogens (primary N) is 1. The molecule has 0 saturated heterocycles. The molecule has 0 fully saturated rings. The quantitative estimate of drug-likeness (QED) is 0.414. The molecule has 1 aromatic rings. The molecule has 0 amide bonds. The Kier molecular flexibility index (Phi) is 3.91. The van der Waals surface area contributed by atoms with Gasteiger partial charge in [0, 0.05) is 23.4 Å². The minimum Gasteiger partial charge on any atom is -0.398 e. The molecule has 0 bridgehead atoms. The summed E-state index contributed by atoms with van der Waals surface area (Å²) in [6.45, 7) is 0. The van der Waals surface area contributed by atoms with E-state index >= 15 is 0 Å². The van der Waals surface area contributed by atoms with Crippen LogP contribution in [0.2, 0.25) is 0 Å². The number of nitriles is 1. The number of nitrogens with zero attached hydrogens (tertiary/aromatic N) is 1. The monoisotopic (exact) mass is 202 g/mol. The minimum atomic E-state index is 0.578. The summed E-state index contributed by atoms with van der Waals surface area (Å²) in [5, 5.41) is 8.67. The average Bonchev–Trinajstić information content (AvgIpc) is 2.21. The molecule has 1 rings (SSSR count). The second-order valence-corrected chi connectivity index (χ2v) is 3.14. The number of anilines is 1. The molecule has 0 unspecified atom stereocenters. The summed E-state index contributed by atoms with van der Waals surface area (Å²) in [6, 6.07) is 7.12. The van der Waals surface area contributed by atoms with Gasteiger partial charge in [0.05, 0.1) is 11.6 Å². The van der Waals surface area contributed by atoms with Gasteiger partial charge in [0.25, 0.3) is 0 Å². The predicted molar refractivity (Wildman–Crippen MR) is 60.9 cm³/mol. The summed E-state index contributed by atoms with van der Waals surface area (Å²) < 4.78 is 0. The van der Waals surface area contributed by atoms with Crippen LogP contribution in [0.5, 0.6) is 0 Å². The fourth-order valence-electron chi connectivity index (χ4n) is 0.948. The van der Waals surface area contributed by atoms with Crippen LogP contribution in [0.4, 0.5) is 5.69 Å². The molecule has 2 nitrogen and oxygen atoms in total. The van der Waals surface area contributed by atoms with Crippen molar-refractivity contribution in [2.24, 2.45) is 0 Å². The highest BCUT2D eigenvalue weighted by Gasteiger charge is 1.96. The van der Waals surface area contributed by atoms with Crippen LogP contribution < -0.4 is 5.73 Å². The van der Waals surface area contributed by atoms with Crippen molar-refractivity contribution in [3.8, 4) is 17.9 Å². The lowest BCUT2D eigenvalue weighted by atomic mass is 10.1. The predicted octanol–water partition coefficient (Wildman–Crippen LogP) is 1.81. The SMILES string of the molecule is N#Cc1ccc(N)c(C#CCCS)c1. The Morgan fingerprint density at radius 1 is 1.43 bits per heavy atom. The average molecular weight is 202 g/mol. The highest BCUT2D eigenvalue weighted by atomic mass is 32.1. The molecular formula is C11H10N2S. The fourth-order valence-corrected chi connectivity index (χ4v) is 1.06. The molecule has 0 aliphatic carbocycles. The van der Waals surface area contributed by atoms with Gasteiger partial charge in [0.2, 0.25) is 0 Å². The Morgan fingerprint density at radius 3 is 2.86 bits per heavy atom. The first-order chi connectivity index (χ1) is 6.77. The van der Waals surface area contributed by atoms with Gasteiger partial charge in [-0.3, -0.25) is 0 Å². The van der Waals surface area contributed by atoms with Crippen LogP contribution in [-0.4, -0.2) is 5.75 Å². The van der Waals surface area contributed by atoms with E-state index in [-0.39, 0.29) is 0 Å². The van der Waals surface area contributed by atoms with Crippen molar-refractivity contribution in [1.82, 2.24) is 0 Å². The Balaban J connectivity index is 2.98. The van der Waals surface area contributed by atoms with Gasteiger partial charge in [0.15, 0.2) is 0 Å². The van der Waals surface area contributed by atoms with Crippen molar-refractivity contribution in [2.45, 2.75) is 6.42 Å². The Hall–Kier alpha value is -1.58. The van der Waals surface area contributed by atoms with Crippen molar-refractivity contribution in [2.75, 3.05) is 11.5 Å². The molecule has 0 aromatic heterocycles. The van der Waals surface area contributed by atoms with E-state index in [4.69, 9.17) is 11.0 Å². The van der Waals surface area contributed by atoms with Gasteiger partial charge < -0.3 is 5.73 Å². The fraction of sp³-hybridized carbons (Fsp3) is 0.182. The molecule has 70 valence electrons. The zero-order valence-electron chi connectivity index (χ0n) is 7.62. The maximum atomic E-state index is 8.67. The van der Waals surface area contributed by atoms with E-state index in [0.717, 1.165) is 12.2 Å². The number of thiol groups is 1. The van der Waals surface area contributed by atoms with Crippen LogP contribution in [-0.2, 0) is 0 Å². The second-order valence-electron chi connectivity index (χ2n) is 2.69. The van der Waals surface area contributed by atoms with Crippen LogP contribution in [0, 0.1) is 23.2 Å². The third kappa shape index (κ3) is 2.73. The molecule has 0 aliphatic heterocycles. The summed E-state index contributed by atoms with van der Waals surface area (Å²) in [6.07, 6.45) is 0.722. The lowest BCUT2D eigenvalue weighted by molar-refractivity contribution is 1.31. The Labute approximate surface area is 89.1 Å². The molecule has 0 atom stereocenters. The first-order valence-corrected chi connectivity index (χ1v) is 4.80. The third-order valence-corrected chi connectivity index (χ3v) is 1.87. The summed E-state index contributed by atoms with van der Waals surface area (Å²) in [4.78, 5) is 0. The van der Waals surface area contributed by atoms with Crippen LogP contribution in [0.15, 0.2) is 18.2 Å². The first kappa shape index (κ1) is 10.5. The maximum absolute atomic E-state index is 8.67. The summed E-state index contributed by atoms with van der Waals surface area (Å²) in [5.41, 5.74) is 7.59. The topological polar surface area (TPSA) is 49.8 Å². The molecule has 2 N–H and O–H groups in total. The molecule has 14 heavy (non-hydrogen) atoms. The maximum Gasteiger partial charge on any atom is 0.0992 e. The zero-order valence-corrected chi connectivity index (χ0v) is 8.51. The van der Waals surface area contributed by atoms with Gasteiger partial charge >= 0.3 is 0 Å². The number of benzene rings is 1. The van der Waals surface area contributed by atoms with Crippen LogP contribution in [0.1, 0.15) is 17.5 Å². The minimum absolute atomic E-state index is 0.578. The number of hydrogen-bond acceptors (Lipinski definition) is 3. The summed E-state index contributed by atoms with van der Waals surface area (Å²) in [5.74, 6) is 6.57. The van der Waals surface area contributed by atoms with Crippen molar-refractivity contribution < 1.29 is 0 Å². The number of rotatable bonds is 1. The van der Waals surface area contributed by atoms with E-state index in [1.165, 1.54) is 0 Å². The zero-order chi connectivity index (χ0) is 10.4. The van der Waals surface area contributed by atoms with Gasteiger partial charge in [-0.1, -0.05) is 11.8 Å². The number of nitrogen functional groups attached to an aromatic ring is 1. The van der Waals surface area contributed by atoms with E-state index in [9.17, 15) is 0 Å². The lowest BCUT2D eigenvalue weighted by Crippen LogP contribution is -1.90. The van der Waals surface area contributed by atoms with Gasteiger partial charge in [-0.15, -0.1) is 0 Å². The molecule has 0 aliphatic rings. The third-order valence-electron chi connectivity index (χ3n) is 1.64. The molecule has 0 spiro atoms. The molecule has 0 saturated carbocycles.